The second-order valence-electron chi connectivity index (χ2n) is 5.74. The summed E-state index contributed by atoms with van der Waals surface area (Å²) in [4.78, 5) is 26.0. The number of piperidine rings is 1. The molecule has 122 valence electrons. The van der Waals surface area contributed by atoms with Crippen molar-refractivity contribution in [2.75, 3.05) is 19.6 Å². The maximum absolute atomic E-state index is 12.2. The molecule has 1 N–H and O–H groups in total. The fourth-order valence-electron chi connectivity index (χ4n) is 2.69. The van der Waals surface area contributed by atoms with E-state index in [1.165, 1.54) is 17.2 Å². The fraction of sp³-hybridized carbons (Fsp3) is 0.467. The molecule has 0 radical (unpaired) electrons. The molecule has 8 heteroatoms. The maximum Gasteiger partial charge on any atom is 0.273 e. The van der Waals surface area contributed by atoms with Gasteiger partial charge >= 0.3 is 0 Å². The Hall–Kier alpha value is -2.64. The Morgan fingerprint density at radius 3 is 2.78 bits per heavy atom. The fourth-order valence-corrected chi connectivity index (χ4v) is 2.69. The third kappa shape index (κ3) is 3.58. The number of carbonyl (C=O) groups is 2. The van der Waals surface area contributed by atoms with Crippen molar-refractivity contribution in [3.05, 3.63) is 36.0 Å². The number of nitrogens with zero attached hydrogens (tertiary/aromatic N) is 4. The van der Waals surface area contributed by atoms with E-state index in [1.54, 1.807) is 19.3 Å². The van der Waals surface area contributed by atoms with Crippen LogP contribution in [0.2, 0.25) is 0 Å². The third-order valence-electron chi connectivity index (χ3n) is 4.06. The molecule has 3 heterocycles. The summed E-state index contributed by atoms with van der Waals surface area (Å²) in [5.74, 6) is 0.153. The van der Waals surface area contributed by atoms with E-state index >= 15 is 0 Å². The van der Waals surface area contributed by atoms with Gasteiger partial charge in [-0.2, -0.15) is 0 Å². The number of likely N-dealkylation sites (tertiary alicyclic amines) is 1. The topological polar surface area (TPSA) is 93.3 Å². The minimum absolute atomic E-state index is 0.000737. The highest BCUT2D eigenvalue weighted by molar-refractivity contribution is 5.94. The molecular weight excluding hydrogens is 298 g/mol. The number of carbonyl (C=O) groups excluding carboxylic acids is 2. The second kappa shape index (κ2) is 6.64. The molecule has 0 aliphatic carbocycles. The summed E-state index contributed by atoms with van der Waals surface area (Å²) in [5.41, 5.74) is 0.902. The van der Waals surface area contributed by atoms with Gasteiger partial charge in [0.2, 0.25) is 0 Å². The quantitative estimate of drug-likeness (QED) is 0.895. The molecule has 2 aromatic rings. The van der Waals surface area contributed by atoms with Crippen LogP contribution in [0, 0.1) is 5.92 Å². The van der Waals surface area contributed by atoms with Crippen molar-refractivity contribution in [2.24, 2.45) is 13.0 Å². The first-order valence-electron chi connectivity index (χ1n) is 7.59. The van der Waals surface area contributed by atoms with Crippen molar-refractivity contribution in [1.29, 1.82) is 0 Å². The number of rotatable bonds is 4. The molecule has 0 aromatic carbocycles. The minimum atomic E-state index is -0.213. The second-order valence-corrected chi connectivity index (χ2v) is 5.74. The molecule has 0 unspecified atom stereocenters. The number of hydrogen-bond acceptors (Lipinski definition) is 5. The largest absolute Gasteiger partial charge is 0.472 e. The van der Waals surface area contributed by atoms with Gasteiger partial charge in [0.05, 0.1) is 18.0 Å². The van der Waals surface area contributed by atoms with Crippen LogP contribution < -0.4 is 5.32 Å². The average molecular weight is 317 g/mol. The van der Waals surface area contributed by atoms with Crippen LogP contribution in [-0.4, -0.2) is 51.3 Å². The zero-order valence-electron chi connectivity index (χ0n) is 12.9. The van der Waals surface area contributed by atoms with Gasteiger partial charge in [-0.3, -0.25) is 14.3 Å². The molecule has 1 aliphatic rings. The van der Waals surface area contributed by atoms with Crippen LogP contribution >= 0.6 is 0 Å². The Morgan fingerprint density at radius 2 is 2.17 bits per heavy atom. The zero-order chi connectivity index (χ0) is 16.2. The van der Waals surface area contributed by atoms with Gasteiger partial charge in [0.25, 0.3) is 11.8 Å². The van der Waals surface area contributed by atoms with Gasteiger partial charge < -0.3 is 14.6 Å². The summed E-state index contributed by atoms with van der Waals surface area (Å²) in [6, 6.07) is 1.68. The monoisotopic (exact) mass is 317 g/mol. The zero-order valence-corrected chi connectivity index (χ0v) is 12.9. The smallest absolute Gasteiger partial charge is 0.273 e. The Balaban J connectivity index is 1.44. The lowest BCUT2D eigenvalue weighted by Crippen LogP contribution is -2.41. The first kappa shape index (κ1) is 15.3. The Labute approximate surface area is 133 Å². The van der Waals surface area contributed by atoms with Gasteiger partial charge in [-0.05, 0) is 24.8 Å². The number of aryl methyl sites for hydroxylation is 1. The van der Waals surface area contributed by atoms with E-state index in [0.717, 1.165) is 12.8 Å². The number of hydrogen-bond donors (Lipinski definition) is 1. The molecule has 2 aromatic heterocycles. The number of amides is 2. The molecule has 1 saturated heterocycles. The minimum Gasteiger partial charge on any atom is -0.472 e. The Morgan fingerprint density at radius 1 is 1.39 bits per heavy atom. The molecule has 0 spiro atoms. The van der Waals surface area contributed by atoms with Crippen molar-refractivity contribution in [3.63, 3.8) is 0 Å². The molecule has 2 amide bonds. The summed E-state index contributed by atoms with van der Waals surface area (Å²) < 4.78 is 6.44. The van der Waals surface area contributed by atoms with E-state index in [1.807, 2.05) is 4.90 Å². The van der Waals surface area contributed by atoms with E-state index in [2.05, 4.69) is 15.6 Å². The molecule has 1 aliphatic heterocycles. The van der Waals surface area contributed by atoms with E-state index < -0.39 is 0 Å². The molecule has 0 bridgehead atoms. The van der Waals surface area contributed by atoms with Crippen LogP contribution in [0.15, 0.2) is 29.2 Å². The van der Waals surface area contributed by atoms with E-state index in [0.29, 0.717) is 36.8 Å². The third-order valence-corrected chi connectivity index (χ3v) is 4.06. The molecule has 3 rings (SSSR count). The molecule has 1 fully saturated rings. The van der Waals surface area contributed by atoms with Crippen molar-refractivity contribution < 1.29 is 14.0 Å². The number of nitrogens with one attached hydrogen (secondary N) is 1. The lowest BCUT2D eigenvalue weighted by Gasteiger charge is -2.31. The van der Waals surface area contributed by atoms with Crippen molar-refractivity contribution in [3.8, 4) is 0 Å². The van der Waals surface area contributed by atoms with E-state index in [-0.39, 0.29) is 11.8 Å². The van der Waals surface area contributed by atoms with Crippen molar-refractivity contribution in [1.82, 2.24) is 25.2 Å². The van der Waals surface area contributed by atoms with Crippen LogP contribution in [0.1, 0.15) is 33.7 Å². The highest BCUT2D eigenvalue weighted by Gasteiger charge is 2.24. The molecule has 8 nitrogen and oxygen atoms in total. The van der Waals surface area contributed by atoms with Gasteiger partial charge in [0, 0.05) is 26.7 Å². The summed E-state index contributed by atoms with van der Waals surface area (Å²) >= 11 is 0. The molecular formula is C15H19N5O3. The van der Waals surface area contributed by atoms with Crippen LogP contribution in [0.5, 0.6) is 0 Å². The lowest BCUT2D eigenvalue weighted by molar-refractivity contribution is 0.0683. The number of furan rings is 1. The Kier molecular flexibility index (Phi) is 4.40. The summed E-state index contributed by atoms with van der Waals surface area (Å²) in [5, 5.41) is 10.4. The number of aromatic nitrogens is 3. The SMILES string of the molecule is Cn1cc(C(=O)NCC2CCN(C(=O)c3ccoc3)CC2)nn1. The lowest BCUT2D eigenvalue weighted by atomic mass is 9.96. The van der Waals surface area contributed by atoms with Crippen LogP contribution in [0.25, 0.3) is 0 Å². The predicted molar refractivity (Wildman–Crippen MR) is 80.7 cm³/mol. The van der Waals surface area contributed by atoms with Gasteiger partial charge in [-0.15, -0.1) is 5.10 Å². The average Bonchev–Trinajstić information content (AvgIpc) is 3.24. The van der Waals surface area contributed by atoms with Gasteiger partial charge in [-0.25, -0.2) is 0 Å². The van der Waals surface area contributed by atoms with E-state index in [4.69, 9.17) is 4.42 Å². The van der Waals surface area contributed by atoms with Crippen molar-refractivity contribution >= 4 is 11.8 Å². The summed E-state index contributed by atoms with van der Waals surface area (Å²) in [6.07, 6.45) is 6.29. The van der Waals surface area contributed by atoms with Crippen LogP contribution in [-0.2, 0) is 7.05 Å². The van der Waals surface area contributed by atoms with Gasteiger partial charge in [-0.1, -0.05) is 5.21 Å². The standard InChI is InChI=1S/C15H19N5O3/c1-19-9-13(17-18-19)14(21)16-8-11-2-5-20(6-3-11)15(22)12-4-7-23-10-12/h4,7,9-11H,2-3,5-6,8H2,1H3,(H,16,21). The molecule has 0 saturated carbocycles. The van der Waals surface area contributed by atoms with Gasteiger partial charge in [0.15, 0.2) is 5.69 Å². The maximum atomic E-state index is 12.2. The molecule has 23 heavy (non-hydrogen) atoms. The normalized spacial score (nSPS) is 15.6. The summed E-state index contributed by atoms with van der Waals surface area (Å²) in [7, 11) is 1.72. The Bertz CT molecular complexity index is 671. The molecule has 0 atom stereocenters. The first-order valence-corrected chi connectivity index (χ1v) is 7.59. The van der Waals surface area contributed by atoms with Crippen molar-refractivity contribution in [2.45, 2.75) is 12.8 Å². The summed E-state index contributed by atoms with van der Waals surface area (Å²) in [6.45, 7) is 1.97. The predicted octanol–water partition coefficient (Wildman–Crippen LogP) is 0.690. The first-order chi connectivity index (χ1) is 11.1. The highest BCUT2D eigenvalue weighted by Crippen LogP contribution is 2.18. The van der Waals surface area contributed by atoms with Gasteiger partial charge in [0.1, 0.15) is 6.26 Å². The van der Waals surface area contributed by atoms with Crippen LogP contribution in [0.3, 0.4) is 0 Å². The van der Waals surface area contributed by atoms with Crippen LogP contribution in [0.4, 0.5) is 0 Å². The van der Waals surface area contributed by atoms with E-state index in [9.17, 15) is 9.59 Å². The highest BCUT2D eigenvalue weighted by atomic mass is 16.3.